The number of carbonyl (C=O) groups excluding carboxylic acids is 1. The van der Waals surface area contributed by atoms with Crippen molar-refractivity contribution in [3.63, 3.8) is 0 Å². The number of benzene rings is 1. The molecular formula is C21H24ClF3N4OS. The summed E-state index contributed by atoms with van der Waals surface area (Å²) in [5.41, 5.74) is 1.07. The Kier molecular flexibility index (Phi) is 7.94. The first kappa shape index (κ1) is 23.5. The molecule has 5 nitrogen and oxygen atoms in total. The fraction of sp³-hybridized carbons (Fsp3) is 0.429. The molecule has 1 aromatic carbocycles. The lowest BCUT2D eigenvalue weighted by Crippen LogP contribution is -2.38. The topological polar surface area (TPSA) is 57.6 Å². The second-order valence-corrected chi connectivity index (χ2v) is 9.54. The number of aryl methyl sites for hydroxylation is 1. The largest absolute Gasteiger partial charge is 0.417 e. The monoisotopic (exact) mass is 472 g/mol. The van der Waals surface area contributed by atoms with Crippen LogP contribution in [-0.4, -0.2) is 35.6 Å². The van der Waals surface area contributed by atoms with Gasteiger partial charge in [0.1, 0.15) is 5.82 Å². The van der Waals surface area contributed by atoms with E-state index in [0.717, 1.165) is 31.5 Å². The molecule has 10 heteroatoms. The standard InChI is InChI=1S/C21H24ClF3N4OS/c1-2-3-4-15-5-7-17(8-6-15)27-20(30)28-31-11-9-29(10-12-31)19-18(22)13-16(14-26-19)21(23,24)25/h5-8,13-14H,2-4,9-12H2,1H3,(H,27,30). The maximum absolute atomic E-state index is 12.8. The number of urea groups is 1. The molecule has 0 spiro atoms. The van der Waals surface area contributed by atoms with Crippen LogP contribution in [0.2, 0.25) is 5.02 Å². The third-order valence-electron chi connectivity index (χ3n) is 4.88. The van der Waals surface area contributed by atoms with Gasteiger partial charge in [0.2, 0.25) is 0 Å². The van der Waals surface area contributed by atoms with Crippen molar-refractivity contribution in [3.05, 3.63) is 52.7 Å². The highest BCUT2D eigenvalue weighted by Gasteiger charge is 2.32. The molecule has 3 rings (SSSR count). The number of carbonyl (C=O) groups is 1. The Bertz CT molecular complexity index is 941. The molecule has 2 aromatic rings. The summed E-state index contributed by atoms with van der Waals surface area (Å²) < 4.78 is 42.6. The van der Waals surface area contributed by atoms with Gasteiger partial charge in [-0.1, -0.05) is 47.8 Å². The number of anilines is 2. The van der Waals surface area contributed by atoms with Crippen LogP contribution in [0.4, 0.5) is 29.5 Å². The minimum absolute atomic E-state index is 0.0336. The molecule has 1 aliphatic heterocycles. The Morgan fingerprint density at radius 2 is 1.94 bits per heavy atom. The highest BCUT2D eigenvalue weighted by Crippen LogP contribution is 2.33. The maximum Gasteiger partial charge on any atom is 0.417 e. The summed E-state index contributed by atoms with van der Waals surface area (Å²) in [6, 6.07) is 8.28. The minimum atomic E-state index is -4.48. The summed E-state index contributed by atoms with van der Waals surface area (Å²) in [4.78, 5) is 18.0. The smallest absolute Gasteiger partial charge is 0.354 e. The molecule has 1 aliphatic rings. The number of alkyl halides is 3. The van der Waals surface area contributed by atoms with Crippen LogP contribution in [-0.2, 0) is 23.3 Å². The molecule has 0 atom stereocenters. The maximum atomic E-state index is 12.8. The number of hydrogen-bond donors (Lipinski definition) is 1. The molecule has 0 saturated carbocycles. The van der Waals surface area contributed by atoms with Gasteiger partial charge in [0.05, 0.1) is 10.6 Å². The van der Waals surface area contributed by atoms with Crippen molar-refractivity contribution in [3.8, 4) is 0 Å². The van der Waals surface area contributed by atoms with Crippen LogP contribution in [0, 0.1) is 0 Å². The van der Waals surface area contributed by atoms with E-state index in [1.54, 1.807) is 0 Å². The number of pyridine rings is 1. The number of aromatic nitrogens is 1. The molecule has 0 aliphatic carbocycles. The lowest BCUT2D eigenvalue weighted by molar-refractivity contribution is -0.137. The number of nitrogens with one attached hydrogen (secondary N) is 1. The van der Waals surface area contributed by atoms with Gasteiger partial charge in [-0.3, -0.25) is 0 Å². The number of halogens is 4. The van der Waals surface area contributed by atoms with Crippen molar-refractivity contribution >= 4 is 39.8 Å². The molecule has 168 valence electrons. The molecule has 2 heterocycles. The van der Waals surface area contributed by atoms with Crippen molar-refractivity contribution in [2.45, 2.75) is 32.4 Å². The first-order valence-electron chi connectivity index (χ1n) is 10.0. The Morgan fingerprint density at radius 1 is 1.26 bits per heavy atom. The Hall–Kier alpha value is -2.13. The number of unbranched alkanes of at least 4 members (excludes halogenated alkanes) is 1. The van der Waals surface area contributed by atoms with Crippen molar-refractivity contribution in [1.29, 1.82) is 0 Å². The van der Waals surface area contributed by atoms with Gasteiger partial charge in [0, 0.05) is 36.5 Å². The molecule has 0 bridgehead atoms. The summed E-state index contributed by atoms with van der Waals surface area (Å²) >= 11 is 6.03. The van der Waals surface area contributed by atoms with E-state index in [0.29, 0.717) is 36.1 Å². The fourth-order valence-electron chi connectivity index (χ4n) is 3.17. The number of hydrogen-bond acceptors (Lipinski definition) is 3. The highest BCUT2D eigenvalue weighted by atomic mass is 35.5. The highest BCUT2D eigenvalue weighted by molar-refractivity contribution is 7.87. The van der Waals surface area contributed by atoms with Gasteiger partial charge in [-0.25, -0.2) is 9.78 Å². The summed E-state index contributed by atoms with van der Waals surface area (Å²) in [5.74, 6) is 1.55. The molecule has 1 saturated heterocycles. The molecule has 1 aromatic heterocycles. The summed E-state index contributed by atoms with van der Waals surface area (Å²) in [6.45, 7) is 3.18. The summed E-state index contributed by atoms with van der Waals surface area (Å²) in [5, 5.41) is 2.76. The van der Waals surface area contributed by atoms with Gasteiger partial charge in [0.25, 0.3) is 0 Å². The molecular weight excluding hydrogens is 449 g/mol. The van der Waals surface area contributed by atoms with Crippen LogP contribution in [0.5, 0.6) is 0 Å². The molecule has 2 amide bonds. The molecule has 1 N–H and O–H groups in total. The van der Waals surface area contributed by atoms with Crippen LogP contribution < -0.4 is 10.2 Å². The van der Waals surface area contributed by atoms with Crippen LogP contribution in [0.3, 0.4) is 0 Å². The summed E-state index contributed by atoms with van der Waals surface area (Å²) in [6.07, 6.45) is -0.397. The van der Waals surface area contributed by atoms with Crippen LogP contribution in [0.25, 0.3) is 0 Å². The van der Waals surface area contributed by atoms with E-state index in [1.807, 2.05) is 29.2 Å². The second kappa shape index (κ2) is 10.5. The second-order valence-electron chi connectivity index (χ2n) is 7.21. The molecule has 1 fully saturated rings. The first-order chi connectivity index (χ1) is 14.8. The first-order valence-corrected chi connectivity index (χ1v) is 11.9. The van der Waals surface area contributed by atoms with Gasteiger partial charge >= 0.3 is 12.2 Å². The van der Waals surface area contributed by atoms with Crippen molar-refractivity contribution < 1.29 is 18.0 Å². The molecule has 31 heavy (non-hydrogen) atoms. The van der Waals surface area contributed by atoms with Gasteiger partial charge < -0.3 is 10.2 Å². The fourth-order valence-corrected chi connectivity index (χ4v) is 4.98. The van der Waals surface area contributed by atoms with Gasteiger partial charge in [-0.15, -0.1) is 0 Å². The normalized spacial score (nSPS) is 15.1. The van der Waals surface area contributed by atoms with Crippen LogP contribution in [0.1, 0.15) is 30.9 Å². The van der Waals surface area contributed by atoms with E-state index in [4.69, 9.17) is 11.6 Å². The van der Waals surface area contributed by atoms with Gasteiger partial charge in [0.15, 0.2) is 0 Å². The average molecular weight is 473 g/mol. The Balaban J connectivity index is 1.55. The summed E-state index contributed by atoms with van der Waals surface area (Å²) in [7, 11) is -0.456. The number of rotatable bonds is 5. The zero-order valence-corrected chi connectivity index (χ0v) is 18.7. The lowest BCUT2D eigenvalue weighted by Gasteiger charge is -2.29. The van der Waals surface area contributed by atoms with Crippen molar-refractivity contribution in [2.75, 3.05) is 34.8 Å². The van der Waals surface area contributed by atoms with E-state index in [-0.39, 0.29) is 11.1 Å². The van der Waals surface area contributed by atoms with Gasteiger partial charge in [-0.2, -0.15) is 17.5 Å². The van der Waals surface area contributed by atoms with Crippen molar-refractivity contribution in [1.82, 2.24) is 4.98 Å². The SMILES string of the molecule is CCCCc1ccc(NC(=O)N=S2CCN(c3ncc(C(F)(F)F)cc3Cl)CC2)cc1. The van der Waals surface area contributed by atoms with E-state index in [9.17, 15) is 18.0 Å². The molecule has 0 radical (unpaired) electrons. The molecule has 0 unspecified atom stereocenters. The van der Waals surface area contributed by atoms with Crippen LogP contribution >= 0.6 is 11.6 Å². The average Bonchev–Trinajstić information content (AvgIpc) is 2.73. The van der Waals surface area contributed by atoms with Gasteiger partial charge in [-0.05, 0) is 36.6 Å². The minimum Gasteiger partial charge on any atom is -0.354 e. The number of amides is 2. The zero-order chi connectivity index (χ0) is 22.4. The van der Waals surface area contributed by atoms with E-state index in [2.05, 4.69) is 21.6 Å². The number of nitrogens with zero attached hydrogens (tertiary/aromatic N) is 3. The third-order valence-corrected chi connectivity index (χ3v) is 6.89. The zero-order valence-electron chi connectivity index (χ0n) is 17.1. The Labute approximate surface area is 187 Å². The predicted octanol–water partition coefficient (Wildman–Crippen LogP) is 5.95. The predicted molar refractivity (Wildman–Crippen MR) is 120 cm³/mol. The van der Waals surface area contributed by atoms with E-state index >= 15 is 0 Å². The quantitative estimate of drug-likeness (QED) is 0.585. The van der Waals surface area contributed by atoms with E-state index in [1.165, 1.54) is 5.56 Å². The van der Waals surface area contributed by atoms with Crippen LogP contribution in [0.15, 0.2) is 40.9 Å². The van der Waals surface area contributed by atoms with Crippen molar-refractivity contribution in [2.24, 2.45) is 4.36 Å². The van der Waals surface area contributed by atoms with E-state index < -0.39 is 22.4 Å². The Morgan fingerprint density at radius 3 is 2.52 bits per heavy atom. The third kappa shape index (κ3) is 6.67. The lowest BCUT2D eigenvalue weighted by atomic mass is 10.1.